The molecule has 2 heterocycles. The van der Waals surface area contributed by atoms with Gasteiger partial charge >= 0.3 is 0 Å². The Balaban J connectivity index is 0.00000312. The van der Waals surface area contributed by atoms with E-state index in [2.05, 4.69) is 42.8 Å². The Labute approximate surface area is 158 Å². The summed E-state index contributed by atoms with van der Waals surface area (Å²) in [6.45, 7) is 15.5. The highest BCUT2D eigenvalue weighted by Crippen LogP contribution is 2.20. The number of piperidine rings is 1. The number of halogens is 1. The van der Waals surface area contributed by atoms with E-state index in [1.54, 1.807) is 0 Å². The molecule has 5 nitrogen and oxygen atoms in total. The Hall–Kier alpha value is -1.07. The van der Waals surface area contributed by atoms with E-state index in [0.29, 0.717) is 18.3 Å². The average molecular weight is 371 g/mol. The van der Waals surface area contributed by atoms with Gasteiger partial charge in [-0.15, -0.1) is 12.4 Å². The molecule has 1 aliphatic heterocycles. The van der Waals surface area contributed by atoms with Gasteiger partial charge in [-0.2, -0.15) is 5.10 Å². The summed E-state index contributed by atoms with van der Waals surface area (Å²) >= 11 is 0. The summed E-state index contributed by atoms with van der Waals surface area (Å²) in [5.41, 5.74) is 3.27. The lowest BCUT2D eigenvalue weighted by Crippen LogP contribution is -2.41. The van der Waals surface area contributed by atoms with Gasteiger partial charge in [0.05, 0.1) is 12.1 Å². The SMILES string of the molecule is CCNCC1CCN(C(=O)Cc2c(C)nn(CC(C)C)c2C)CC1.Cl. The first-order valence-electron chi connectivity index (χ1n) is 9.43. The third kappa shape index (κ3) is 6.00. The van der Waals surface area contributed by atoms with E-state index < -0.39 is 0 Å². The monoisotopic (exact) mass is 370 g/mol. The van der Waals surface area contributed by atoms with Crippen LogP contribution in [0.5, 0.6) is 0 Å². The predicted molar refractivity (Wildman–Crippen MR) is 105 cm³/mol. The summed E-state index contributed by atoms with van der Waals surface area (Å²) in [5.74, 6) is 1.53. The Morgan fingerprint density at radius 3 is 2.48 bits per heavy atom. The van der Waals surface area contributed by atoms with Crippen LogP contribution in [-0.4, -0.2) is 46.8 Å². The van der Waals surface area contributed by atoms with E-state index in [1.807, 2.05) is 11.8 Å². The lowest BCUT2D eigenvalue weighted by Gasteiger charge is -2.32. The van der Waals surface area contributed by atoms with Gasteiger partial charge in [-0.1, -0.05) is 20.8 Å². The van der Waals surface area contributed by atoms with Crippen LogP contribution in [0.25, 0.3) is 0 Å². The van der Waals surface area contributed by atoms with Crippen molar-refractivity contribution in [2.45, 2.75) is 60.4 Å². The van der Waals surface area contributed by atoms with Crippen molar-refractivity contribution in [3.63, 3.8) is 0 Å². The fourth-order valence-electron chi connectivity index (χ4n) is 3.51. The normalized spacial score (nSPS) is 15.5. The van der Waals surface area contributed by atoms with E-state index in [-0.39, 0.29) is 18.3 Å². The minimum absolute atomic E-state index is 0. The molecule has 1 saturated heterocycles. The summed E-state index contributed by atoms with van der Waals surface area (Å²) in [6.07, 6.45) is 2.72. The molecular formula is C19H35ClN4O. The van der Waals surface area contributed by atoms with Crippen LogP contribution in [0.1, 0.15) is 50.6 Å². The second-order valence-corrected chi connectivity index (χ2v) is 7.53. The number of nitrogens with one attached hydrogen (secondary N) is 1. The van der Waals surface area contributed by atoms with Crippen LogP contribution < -0.4 is 5.32 Å². The second-order valence-electron chi connectivity index (χ2n) is 7.53. The van der Waals surface area contributed by atoms with Crippen LogP contribution in [0.4, 0.5) is 0 Å². The standard InChI is InChI=1S/C19H34N4O.ClH/c1-6-20-12-17-7-9-22(10-8-17)19(24)11-18-15(4)21-23(16(18)5)13-14(2)3;/h14,17,20H,6-13H2,1-5H3;1H. The fraction of sp³-hybridized carbons (Fsp3) is 0.789. The number of carbonyl (C=O) groups is 1. The fourth-order valence-corrected chi connectivity index (χ4v) is 3.51. The van der Waals surface area contributed by atoms with Crippen molar-refractivity contribution in [1.29, 1.82) is 0 Å². The topological polar surface area (TPSA) is 50.2 Å². The Kier molecular flexibility index (Phi) is 8.94. The number of hydrogen-bond acceptors (Lipinski definition) is 3. The molecular weight excluding hydrogens is 336 g/mol. The van der Waals surface area contributed by atoms with E-state index in [9.17, 15) is 4.79 Å². The maximum Gasteiger partial charge on any atom is 0.227 e. The number of aromatic nitrogens is 2. The largest absolute Gasteiger partial charge is 0.342 e. The molecule has 0 unspecified atom stereocenters. The zero-order valence-electron chi connectivity index (χ0n) is 16.5. The summed E-state index contributed by atoms with van der Waals surface area (Å²) < 4.78 is 2.06. The van der Waals surface area contributed by atoms with E-state index >= 15 is 0 Å². The average Bonchev–Trinajstić information content (AvgIpc) is 2.80. The number of carbonyl (C=O) groups excluding carboxylic acids is 1. The molecule has 1 amide bonds. The lowest BCUT2D eigenvalue weighted by atomic mass is 9.96. The van der Waals surface area contributed by atoms with Gasteiger partial charge in [-0.3, -0.25) is 9.48 Å². The molecule has 1 aromatic rings. The molecule has 25 heavy (non-hydrogen) atoms. The molecule has 0 aromatic carbocycles. The number of likely N-dealkylation sites (tertiary alicyclic amines) is 1. The highest BCUT2D eigenvalue weighted by atomic mass is 35.5. The number of rotatable bonds is 7. The minimum Gasteiger partial charge on any atom is -0.342 e. The van der Waals surface area contributed by atoms with Crippen molar-refractivity contribution in [2.75, 3.05) is 26.2 Å². The molecule has 0 aliphatic carbocycles. The van der Waals surface area contributed by atoms with Crippen LogP contribution in [0, 0.1) is 25.7 Å². The Morgan fingerprint density at radius 2 is 1.92 bits per heavy atom. The first-order valence-corrected chi connectivity index (χ1v) is 9.43. The summed E-state index contributed by atoms with van der Waals surface area (Å²) in [7, 11) is 0. The van der Waals surface area contributed by atoms with Crippen molar-refractivity contribution < 1.29 is 4.79 Å². The molecule has 1 aliphatic rings. The Bertz CT molecular complexity index is 548. The molecule has 1 aromatic heterocycles. The van der Waals surface area contributed by atoms with Crippen LogP contribution in [0.15, 0.2) is 0 Å². The minimum atomic E-state index is 0. The van der Waals surface area contributed by atoms with Crippen LogP contribution >= 0.6 is 12.4 Å². The molecule has 144 valence electrons. The molecule has 1 fully saturated rings. The smallest absolute Gasteiger partial charge is 0.227 e. The molecule has 0 spiro atoms. The third-order valence-corrected chi connectivity index (χ3v) is 5.05. The van der Waals surface area contributed by atoms with Gasteiger partial charge in [0.25, 0.3) is 0 Å². The van der Waals surface area contributed by atoms with E-state index in [4.69, 9.17) is 0 Å². The number of nitrogens with zero attached hydrogens (tertiary/aromatic N) is 3. The van der Waals surface area contributed by atoms with E-state index in [1.165, 1.54) is 0 Å². The second kappa shape index (κ2) is 10.2. The van der Waals surface area contributed by atoms with Crippen molar-refractivity contribution in [1.82, 2.24) is 20.0 Å². The van der Waals surface area contributed by atoms with Crippen LogP contribution in [0.2, 0.25) is 0 Å². The van der Waals surface area contributed by atoms with Crippen molar-refractivity contribution >= 4 is 18.3 Å². The molecule has 0 radical (unpaired) electrons. The van der Waals surface area contributed by atoms with Gasteiger partial charge in [0, 0.05) is 30.9 Å². The quantitative estimate of drug-likeness (QED) is 0.802. The number of aryl methyl sites for hydroxylation is 1. The zero-order valence-corrected chi connectivity index (χ0v) is 17.3. The maximum absolute atomic E-state index is 12.7. The molecule has 0 atom stereocenters. The number of hydrogen-bond donors (Lipinski definition) is 1. The van der Waals surface area contributed by atoms with Crippen molar-refractivity contribution in [3.05, 3.63) is 17.0 Å². The number of amides is 1. The third-order valence-electron chi connectivity index (χ3n) is 5.05. The maximum atomic E-state index is 12.7. The first kappa shape index (κ1) is 22.0. The summed E-state index contributed by atoms with van der Waals surface area (Å²) in [6, 6.07) is 0. The van der Waals surface area contributed by atoms with Crippen LogP contribution in [0.3, 0.4) is 0 Å². The lowest BCUT2D eigenvalue weighted by molar-refractivity contribution is -0.131. The van der Waals surface area contributed by atoms with Crippen LogP contribution in [-0.2, 0) is 17.8 Å². The van der Waals surface area contributed by atoms with Gasteiger partial charge in [0.15, 0.2) is 0 Å². The van der Waals surface area contributed by atoms with E-state index in [0.717, 1.165) is 62.5 Å². The molecule has 1 N–H and O–H groups in total. The molecule has 0 bridgehead atoms. The zero-order chi connectivity index (χ0) is 17.7. The van der Waals surface area contributed by atoms with Gasteiger partial charge in [0.2, 0.25) is 5.91 Å². The van der Waals surface area contributed by atoms with Gasteiger partial charge in [-0.25, -0.2) is 0 Å². The van der Waals surface area contributed by atoms with Gasteiger partial charge in [0.1, 0.15) is 0 Å². The molecule has 6 heteroatoms. The van der Waals surface area contributed by atoms with Gasteiger partial charge in [-0.05, 0) is 51.6 Å². The predicted octanol–water partition coefficient (Wildman–Crippen LogP) is 2.97. The highest BCUT2D eigenvalue weighted by Gasteiger charge is 2.24. The van der Waals surface area contributed by atoms with Gasteiger partial charge < -0.3 is 10.2 Å². The summed E-state index contributed by atoms with van der Waals surface area (Å²) in [4.78, 5) is 14.7. The van der Waals surface area contributed by atoms with Crippen molar-refractivity contribution in [2.24, 2.45) is 11.8 Å². The molecule has 2 rings (SSSR count). The first-order chi connectivity index (χ1) is 11.4. The summed E-state index contributed by atoms with van der Waals surface area (Å²) in [5, 5.41) is 8.05. The Morgan fingerprint density at radius 1 is 1.28 bits per heavy atom. The van der Waals surface area contributed by atoms with Crippen molar-refractivity contribution in [3.8, 4) is 0 Å². The molecule has 0 saturated carbocycles. The highest BCUT2D eigenvalue weighted by molar-refractivity contribution is 5.85.